The van der Waals surface area contributed by atoms with Crippen molar-refractivity contribution in [3.8, 4) is 5.69 Å². The van der Waals surface area contributed by atoms with Gasteiger partial charge in [-0.05, 0) is 67.4 Å². The summed E-state index contributed by atoms with van der Waals surface area (Å²) in [5, 5.41) is 8.49. The van der Waals surface area contributed by atoms with Gasteiger partial charge in [0.25, 0.3) is 0 Å². The molecule has 0 spiro atoms. The smallest absolute Gasteiger partial charge is 0.232 e. The number of hydrogen-bond donors (Lipinski definition) is 1. The molecule has 6 rings (SSSR count). The Hall–Kier alpha value is -3.23. The summed E-state index contributed by atoms with van der Waals surface area (Å²) in [6.45, 7) is 1.87. The standard InChI is InChI=1S/C26H22ClFN4O2S/c1-14-23(30-25(33)15-2-3-15)24(21-10-11-22(27)35-21)31(26(14)34)19-8-9-20-16(12-19)13-29-32(20)18-6-4-17(28)5-7-18/h4-15,23-24H,2-3H2,1H3,(H,30,33)/t14-,23-,24+/m0/s1. The first kappa shape index (κ1) is 22.2. The summed E-state index contributed by atoms with van der Waals surface area (Å²) >= 11 is 7.68. The molecule has 35 heavy (non-hydrogen) atoms. The Morgan fingerprint density at radius 3 is 2.54 bits per heavy atom. The first-order valence-corrected chi connectivity index (χ1v) is 12.7. The van der Waals surface area contributed by atoms with Crippen molar-refractivity contribution in [3.05, 3.63) is 75.8 Å². The maximum atomic E-state index is 13.6. The minimum absolute atomic E-state index is 0.0141. The van der Waals surface area contributed by atoms with Crippen LogP contribution < -0.4 is 10.2 Å². The molecule has 2 aliphatic rings. The van der Waals surface area contributed by atoms with Crippen LogP contribution in [0.1, 0.15) is 30.7 Å². The second-order valence-corrected chi connectivity index (χ2v) is 10.9. The second-order valence-electron chi connectivity index (χ2n) is 9.17. The monoisotopic (exact) mass is 508 g/mol. The van der Waals surface area contributed by atoms with Crippen LogP contribution in [0.25, 0.3) is 16.6 Å². The topological polar surface area (TPSA) is 67.2 Å². The Balaban J connectivity index is 1.40. The molecule has 0 bridgehead atoms. The lowest BCUT2D eigenvalue weighted by molar-refractivity contribution is -0.123. The van der Waals surface area contributed by atoms with Crippen molar-refractivity contribution in [1.29, 1.82) is 0 Å². The van der Waals surface area contributed by atoms with E-state index >= 15 is 0 Å². The van der Waals surface area contributed by atoms with E-state index in [2.05, 4.69) is 10.4 Å². The summed E-state index contributed by atoms with van der Waals surface area (Å²) in [7, 11) is 0. The van der Waals surface area contributed by atoms with Gasteiger partial charge in [0.05, 0.1) is 39.7 Å². The van der Waals surface area contributed by atoms with E-state index in [1.807, 2.05) is 37.3 Å². The fraction of sp³-hybridized carbons (Fsp3) is 0.269. The predicted molar refractivity (Wildman–Crippen MR) is 134 cm³/mol. The summed E-state index contributed by atoms with van der Waals surface area (Å²) in [5.74, 6) is -0.683. The van der Waals surface area contributed by atoms with Crippen LogP contribution in [0, 0.1) is 17.7 Å². The van der Waals surface area contributed by atoms with Gasteiger partial charge >= 0.3 is 0 Å². The third-order valence-corrected chi connectivity index (χ3v) is 8.13. The Morgan fingerprint density at radius 1 is 1.11 bits per heavy atom. The van der Waals surface area contributed by atoms with Crippen molar-refractivity contribution < 1.29 is 14.0 Å². The number of fused-ring (bicyclic) bond motifs is 1. The lowest BCUT2D eigenvalue weighted by Gasteiger charge is -2.28. The van der Waals surface area contributed by atoms with Gasteiger partial charge in [-0.25, -0.2) is 9.07 Å². The summed E-state index contributed by atoms with van der Waals surface area (Å²) in [5.41, 5.74) is 2.31. The van der Waals surface area contributed by atoms with E-state index < -0.39 is 0 Å². The first-order valence-electron chi connectivity index (χ1n) is 11.5. The van der Waals surface area contributed by atoms with E-state index in [1.165, 1.54) is 23.5 Å². The third-order valence-electron chi connectivity index (χ3n) is 6.83. The average molecular weight is 509 g/mol. The Morgan fingerprint density at radius 2 is 1.86 bits per heavy atom. The van der Waals surface area contributed by atoms with Crippen molar-refractivity contribution >= 4 is 51.3 Å². The highest BCUT2D eigenvalue weighted by Crippen LogP contribution is 2.44. The van der Waals surface area contributed by atoms with Crippen LogP contribution in [0.4, 0.5) is 10.1 Å². The molecule has 1 aliphatic carbocycles. The highest BCUT2D eigenvalue weighted by molar-refractivity contribution is 7.16. The second kappa shape index (κ2) is 8.46. The third kappa shape index (κ3) is 3.90. The average Bonchev–Trinajstić information content (AvgIpc) is 3.42. The SMILES string of the molecule is C[C@@H]1C(=O)N(c2ccc3c(cnn3-c3ccc(F)cc3)c2)[C@H](c2ccc(Cl)s2)[C@H]1NC(=O)C1CC1. The number of halogens is 2. The Bertz CT molecular complexity index is 1450. The fourth-order valence-electron chi connectivity index (χ4n) is 4.81. The number of aromatic nitrogens is 2. The number of thiophene rings is 1. The molecule has 9 heteroatoms. The highest BCUT2D eigenvalue weighted by atomic mass is 35.5. The molecule has 6 nitrogen and oxygen atoms in total. The molecule has 0 unspecified atom stereocenters. The molecule has 2 amide bonds. The van der Waals surface area contributed by atoms with Crippen LogP contribution in [0.2, 0.25) is 4.34 Å². The predicted octanol–water partition coefficient (Wildman–Crippen LogP) is 5.50. The number of benzene rings is 2. The number of nitrogens with zero attached hydrogens (tertiary/aromatic N) is 3. The van der Waals surface area contributed by atoms with Gasteiger partial charge in [-0.15, -0.1) is 11.3 Å². The van der Waals surface area contributed by atoms with Crippen LogP contribution in [0.5, 0.6) is 0 Å². The molecule has 2 aromatic heterocycles. The number of carbonyl (C=O) groups excluding carboxylic acids is 2. The van der Waals surface area contributed by atoms with Crippen molar-refractivity contribution in [1.82, 2.24) is 15.1 Å². The van der Waals surface area contributed by atoms with Crippen molar-refractivity contribution in [2.75, 3.05) is 4.90 Å². The van der Waals surface area contributed by atoms with Crippen molar-refractivity contribution in [2.24, 2.45) is 11.8 Å². The number of nitrogens with one attached hydrogen (secondary N) is 1. The molecular weight excluding hydrogens is 487 g/mol. The summed E-state index contributed by atoms with van der Waals surface area (Å²) in [6.07, 6.45) is 3.53. The molecule has 1 aliphatic heterocycles. The van der Waals surface area contributed by atoms with Gasteiger partial charge in [-0.2, -0.15) is 5.10 Å². The lowest BCUT2D eigenvalue weighted by Crippen LogP contribution is -2.42. The van der Waals surface area contributed by atoms with Gasteiger partial charge in [0.2, 0.25) is 11.8 Å². The van der Waals surface area contributed by atoms with Gasteiger partial charge in [0, 0.05) is 21.9 Å². The lowest BCUT2D eigenvalue weighted by atomic mass is 9.98. The molecule has 3 heterocycles. The van der Waals surface area contributed by atoms with E-state index in [1.54, 1.807) is 27.9 Å². The molecule has 1 saturated heterocycles. The van der Waals surface area contributed by atoms with Gasteiger partial charge in [-0.3, -0.25) is 9.59 Å². The minimum Gasteiger partial charge on any atom is -0.350 e. The first-order chi connectivity index (χ1) is 16.9. The summed E-state index contributed by atoms with van der Waals surface area (Å²) in [4.78, 5) is 28.9. The van der Waals surface area contributed by atoms with E-state index in [0.717, 1.165) is 40.0 Å². The zero-order chi connectivity index (χ0) is 24.3. The molecule has 1 saturated carbocycles. The molecule has 2 fully saturated rings. The van der Waals surface area contributed by atoms with Crippen LogP contribution in [-0.4, -0.2) is 27.6 Å². The number of amides is 2. The summed E-state index contributed by atoms with van der Waals surface area (Å²) in [6, 6.07) is 14.9. The van der Waals surface area contributed by atoms with Gasteiger partial charge in [-0.1, -0.05) is 18.5 Å². The number of hydrogen-bond acceptors (Lipinski definition) is 4. The maximum absolute atomic E-state index is 13.6. The molecular formula is C26H22ClFN4O2S. The zero-order valence-corrected chi connectivity index (χ0v) is 20.4. The quantitative estimate of drug-likeness (QED) is 0.387. The number of anilines is 1. The normalized spacial score (nSPS) is 22.2. The Labute approximate surface area is 210 Å². The molecule has 4 aromatic rings. The zero-order valence-electron chi connectivity index (χ0n) is 18.8. The molecule has 2 aromatic carbocycles. The van der Waals surface area contributed by atoms with Gasteiger partial charge < -0.3 is 10.2 Å². The van der Waals surface area contributed by atoms with Gasteiger partial charge in [0.1, 0.15) is 5.82 Å². The number of carbonyl (C=O) groups is 2. The molecule has 1 N–H and O–H groups in total. The van der Waals surface area contributed by atoms with E-state index in [-0.39, 0.29) is 41.6 Å². The number of rotatable bonds is 5. The van der Waals surface area contributed by atoms with Crippen LogP contribution in [0.3, 0.4) is 0 Å². The van der Waals surface area contributed by atoms with Crippen molar-refractivity contribution in [2.45, 2.75) is 31.8 Å². The highest BCUT2D eigenvalue weighted by Gasteiger charge is 2.49. The maximum Gasteiger partial charge on any atom is 0.232 e. The van der Waals surface area contributed by atoms with Crippen LogP contribution in [-0.2, 0) is 9.59 Å². The van der Waals surface area contributed by atoms with E-state index in [0.29, 0.717) is 4.34 Å². The van der Waals surface area contributed by atoms with Crippen LogP contribution >= 0.6 is 22.9 Å². The van der Waals surface area contributed by atoms with E-state index in [4.69, 9.17) is 11.6 Å². The van der Waals surface area contributed by atoms with Crippen molar-refractivity contribution in [3.63, 3.8) is 0 Å². The summed E-state index contributed by atoms with van der Waals surface area (Å²) < 4.78 is 15.7. The fourth-order valence-corrected chi connectivity index (χ4v) is 6.01. The Kier molecular flexibility index (Phi) is 5.38. The molecule has 3 atom stereocenters. The molecule has 178 valence electrons. The largest absolute Gasteiger partial charge is 0.350 e. The van der Waals surface area contributed by atoms with Gasteiger partial charge in [0.15, 0.2) is 0 Å². The minimum atomic E-state index is -0.388. The van der Waals surface area contributed by atoms with E-state index in [9.17, 15) is 14.0 Å². The molecule has 0 radical (unpaired) electrons. The van der Waals surface area contributed by atoms with Crippen LogP contribution in [0.15, 0.2) is 60.8 Å².